The van der Waals surface area contributed by atoms with E-state index < -0.39 is 0 Å². The average molecular weight is 277 g/mol. The number of aromatic nitrogens is 2. The van der Waals surface area contributed by atoms with Crippen molar-refractivity contribution in [3.8, 4) is 0 Å². The van der Waals surface area contributed by atoms with E-state index in [0.717, 1.165) is 30.8 Å². The highest BCUT2D eigenvalue weighted by molar-refractivity contribution is 5.00. The van der Waals surface area contributed by atoms with Crippen LogP contribution < -0.4 is 5.32 Å². The summed E-state index contributed by atoms with van der Waals surface area (Å²) in [5, 5.41) is 8.33. The van der Waals surface area contributed by atoms with Crippen molar-refractivity contribution >= 4 is 0 Å². The Labute approximate surface area is 124 Å². The van der Waals surface area contributed by atoms with E-state index in [0.29, 0.717) is 6.04 Å². The summed E-state index contributed by atoms with van der Waals surface area (Å²) < 4.78 is 2.19. The Balaban J connectivity index is 1.79. The fourth-order valence-electron chi connectivity index (χ4n) is 3.45. The molecule has 0 radical (unpaired) electrons. The minimum absolute atomic E-state index is 0.655. The molecule has 3 nitrogen and oxygen atoms in total. The molecule has 2 rings (SSSR count). The first kappa shape index (κ1) is 15.6. The van der Waals surface area contributed by atoms with Gasteiger partial charge in [0.15, 0.2) is 0 Å². The van der Waals surface area contributed by atoms with E-state index in [9.17, 15) is 0 Å². The lowest BCUT2D eigenvalue weighted by atomic mass is 9.85. The summed E-state index contributed by atoms with van der Waals surface area (Å²) in [7, 11) is 0. The largest absolute Gasteiger partial charge is 0.311 e. The molecular formula is C17H31N3. The third-order valence-corrected chi connectivity index (χ3v) is 4.76. The van der Waals surface area contributed by atoms with Gasteiger partial charge in [0.1, 0.15) is 0 Å². The van der Waals surface area contributed by atoms with Crippen LogP contribution >= 0.6 is 0 Å². The maximum absolute atomic E-state index is 4.73. The third kappa shape index (κ3) is 4.08. The van der Waals surface area contributed by atoms with E-state index in [2.05, 4.69) is 50.0 Å². The smallest absolute Gasteiger partial charge is 0.0762 e. The Morgan fingerprint density at radius 3 is 2.45 bits per heavy atom. The van der Waals surface area contributed by atoms with Crippen LogP contribution in [0.4, 0.5) is 0 Å². The van der Waals surface area contributed by atoms with Crippen LogP contribution in [-0.4, -0.2) is 16.3 Å². The molecule has 0 aliphatic heterocycles. The van der Waals surface area contributed by atoms with Crippen LogP contribution in [0.3, 0.4) is 0 Å². The predicted molar refractivity (Wildman–Crippen MR) is 84.6 cm³/mol. The maximum atomic E-state index is 4.73. The molecule has 0 unspecified atom stereocenters. The quantitative estimate of drug-likeness (QED) is 0.816. The summed E-state index contributed by atoms with van der Waals surface area (Å²) in [5.74, 6) is 2.21. The minimum Gasteiger partial charge on any atom is -0.311 e. The van der Waals surface area contributed by atoms with Crippen molar-refractivity contribution in [1.82, 2.24) is 15.1 Å². The molecule has 0 amide bonds. The molecule has 1 saturated carbocycles. The fourth-order valence-corrected chi connectivity index (χ4v) is 3.45. The minimum atomic E-state index is 0.655. The van der Waals surface area contributed by atoms with Crippen molar-refractivity contribution in [2.75, 3.05) is 6.54 Å². The average Bonchev–Trinajstić information content (AvgIpc) is 3.03. The second kappa shape index (κ2) is 7.26. The SMILES string of the molecule is CC(C)C(CNCc1ccn(C2CCCC2)n1)C(C)C. The number of hydrogen-bond donors (Lipinski definition) is 1. The van der Waals surface area contributed by atoms with Gasteiger partial charge in [0.2, 0.25) is 0 Å². The molecule has 0 aromatic carbocycles. The molecule has 3 heteroatoms. The molecule has 1 heterocycles. The van der Waals surface area contributed by atoms with Crippen molar-refractivity contribution in [3.05, 3.63) is 18.0 Å². The zero-order chi connectivity index (χ0) is 14.5. The van der Waals surface area contributed by atoms with Gasteiger partial charge in [-0.3, -0.25) is 4.68 Å². The Bertz CT molecular complexity index is 381. The summed E-state index contributed by atoms with van der Waals surface area (Å²) in [6.07, 6.45) is 7.50. The molecule has 20 heavy (non-hydrogen) atoms. The standard InChI is InChI=1S/C17H31N3/c1-13(2)17(14(3)4)12-18-11-15-9-10-20(19-15)16-7-5-6-8-16/h9-10,13-14,16-18H,5-8,11-12H2,1-4H3. The Morgan fingerprint density at radius 1 is 1.20 bits per heavy atom. The second-order valence-electron chi connectivity index (χ2n) is 7.01. The zero-order valence-electron chi connectivity index (χ0n) is 13.6. The highest BCUT2D eigenvalue weighted by atomic mass is 15.3. The molecule has 1 aliphatic carbocycles. The monoisotopic (exact) mass is 277 g/mol. The summed E-state index contributed by atoms with van der Waals surface area (Å²) in [5.41, 5.74) is 1.18. The molecule has 0 atom stereocenters. The molecule has 1 aromatic heterocycles. The van der Waals surface area contributed by atoms with Gasteiger partial charge in [-0.1, -0.05) is 40.5 Å². The molecule has 1 aromatic rings. The maximum Gasteiger partial charge on any atom is 0.0762 e. The van der Waals surface area contributed by atoms with Gasteiger partial charge in [0.05, 0.1) is 11.7 Å². The molecule has 1 N–H and O–H groups in total. The van der Waals surface area contributed by atoms with Gasteiger partial charge in [-0.25, -0.2) is 0 Å². The van der Waals surface area contributed by atoms with E-state index in [1.807, 2.05) is 0 Å². The molecule has 0 saturated heterocycles. The van der Waals surface area contributed by atoms with E-state index in [-0.39, 0.29) is 0 Å². The summed E-state index contributed by atoms with van der Waals surface area (Å²) in [6.45, 7) is 11.3. The second-order valence-corrected chi connectivity index (χ2v) is 7.01. The third-order valence-electron chi connectivity index (χ3n) is 4.76. The normalized spacial score (nSPS) is 16.9. The van der Waals surface area contributed by atoms with Gasteiger partial charge in [-0.15, -0.1) is 0 Å². The molecule has 1 aliphatic rings. The van der Waals surface area contributed by atoms with Crippen LogP contribution in [0.25, 0.3) is 0 Å². The van der Waals surface area contributed by atoms with Crippen LogP contribution in [0.1, 0.15) is 65.1 Å². The van der Waals surface area contributed by atoms with Crippen molar-refractivity contribution in [3.63, 3.8) is 0 Å². The van der Waals surface area contributed by atoms with Crippen LogP contribution in [-0.2, 0) is 6.54 Å². The van der Waals surface area contributed by atoms with Crippen molar-refractivity contribution in [1.29, 1.82) is 0 Å². The lowest BCUT2D eigenvalue weighted by Gasteiger charge is -2.25. The van der Waals surface area contributed by atoms with Crippen molar-refractivity contribution < 1.29 is 0 Å². The summed E-state index contributed by atoms with van der Waals surface area (Å²) in [6, 6.07) is 2.83. The lowest BCUT2D eigenvalue weighted by molar-refractivity contribution is 0.275. The van der Waals surface area contributed by atoms with Crippen molar-refractivity contribution in [2.24, 2.45) is 17.8 Å². The molecule has 0 spiro atoms. The van der Waals surface area contributed by atoms with Gasteiger partial charge in [0, 0.05) is 12.7 Å². The lowest BCUT2D eigenvalue weighted by Crippen LogP contribution is -2.29. The van der Waals surface area contributed by atoms with E-state index in [4.69, 9.17) is 5.10 Å². The first-order valence-electron chi connectivity index (χ1n) is 8.32. The molecule has 1 fully saturated rings. The topological polar surface area (TPSA) is 29.9 Å². The van der Waals surface area contributed by atoms with Gasteiger partial charge >= 0.3 is 0 Å². The molecular weight excluding hydrogens is 246 g/mol. The number of rotatable bonds is 7. The van der Waals surface area contributed by atoms with Crippen LogP contribution in [0, 0.1) is 17.8 Å². The Hall–Kier alpha value is -0.830. The Morgan fingerprint density at radius 2 is 1.85 bits per heavy atom. The fraction of sp³-hybridized carbons (Fsp3) is 0.824. The van der Waals surface area contributed by atoms with E-state index >= 15 is 0 Å². The van der Waals surface area contributed by atoms with E-state index in [1.54, 1.807) is 0 Å². The molecule has 0 bridgehead atoms. The highest BCUT2D eigenvalue weighted by Gasteiger charge is 2.18. The molecule has 114 valence electrons. The van der Waals surface area contributed by atoms with Crippen LogP contribution in [0.5, 0.6) is 0 Å². The van der Waals surface area contributed by atoms with E-state index in [1.165, 1.54) is 31.4 Å². The van der Waals surface area contributed by atoms with Crippen molar-refractivity contribution in [2.45, 2.75) is 66.0 Å². The van der Waals surface area contributed by atoms with Gasteiger partial charge in [0.25, 0.3) is 0 Å². The van der Waals surface area contributed by atoms with Gasteiger partial charge < -0.3 is 5.32 Å². The van der Waals surface area contributed by atoms with Gasteiger partial charge in [-0.2, -0.15) is 5.10 Å². The van der Waals surface area contributed by atoms with Crippen LogP contribution in [0.15, 0.2) is 12.3 Å². The summed E-state index contributed by atoms with van der Waals surface area (Å²) in [4.78, 5) is 0. The number of nitrogens with zero attached hydrogens (tertiary/aromatic N) is 2. The number of hydrogen-bond acceptors (Lipinski definition) is 2. The summed E-state index contributed by atoms with van der Waals surface area (Å²) >= 11 is 0. The Kier molecular flexibility index (Phi) is 5.64. The first-order chi connectivity index (χ1) is 9.58. The predicted octanol–water partition coefficient (Wildman–Crippen LogP) is 4.02. The van der Waals surface area contributed by atoms with Gasteiger partial charge in [-0.05, 0) is 43.2 Å². The van der Waals surface area contributed by atoms with Crippen LogP contribution in [0.2, 0.25) is 0 Å². The number of nitrogens with one attached hydrogen (secondary N) is 1. The highest BCUT2D eigenvalue weighted by Crippen LogP contribution is 2.28. The zero-order valence-corrected chi connectivity index (χ0v) is 13.6. The first-order valence-corrected chi connectivity index (χ1v) is 8.32.